The molecule has 1 unspecified atom stereocenters. The predicted molar refractivity (Wildman–Crippen MR) is 114 cm³/mol. The average Bonchev–Trinajstić information content (AvgIpc) is 2.76. The second-order valence-electron chi connectivity index (χ2n) is 7.22. The number of carbonyl (C=O) groups is 1. The molecule has 0 amide bonds. The maximum atomic E-state index is 13.2. The Morgan fingerprint density at radius 1 is 1.14 bits per heavy atom. The minimum absolute atomic E-state index is 0.180. The fourth-order valence-electron chi connectivity index (χ4n) is 3.66. The quantitative estimate of drug-likeness (QED) is 0.552. The lowest BCUT2D eigenvalue weighted by molar-refractivity contribution is -0.143. The second-order valence-corrected chi connectivity index (χ2v) is 9.16. The van der Waals surface area contributed by atoms with Crippen molar-refractivity contribution in [3.63, 3.8) is 0 Å². The number of sulfonamides is 1. The van der Waals surface area contributed by atoms with Crippen molar-refractivity contribution in [2.24, 2.45) is 0 Å². The molecule has 156 valence electrons. The van der Waals surface area contributed by atoms with Crippen molar-refractivity contribution < 1.29 is 17.9 Å². The molecule has 0 bridgehead atoms. The van der Waals surface area contributed by atoms with Gasteiger partial charge in [-0.05, 0) is 62.1 Å². The molecule has 0 aromatic heterocycles. The summed E-state index contributed by atoms with van der Waals surface area (Å²) in [6.45, 7) is 4.75. The summed E-state index contributed by atoms with van der Waals surface area (Å²) < 4.78 is 32.8. The molecule has 0 aliphatic carbocycles. The molecular weight excluding hydrogens is 388 g/mol. The summed E-state index contributed by atoms with van der Waals surface area (Å²) >= 11 is 0. The molecule has 2 aromatic rings. The van der Waals surface area contributed by atoms with Crippen molar-refractivity contribution in [3.8, 4) is 0 Å². The lowest BCUT2D eigenvalue weighted by Crippen LogP contribution is -2.26. The van der Waals surface area contributed by atoms with Crippen LogP contribution in [0.3, 0.4) is 0 Å². The number of rotatable bonds is 7. The van der Waals surface area contributed by atoms with Crippen molar-refractivity contribution in [3.05, 3.63) is 59.2 Å². The first-order valence-electron chi connectivity index (χ1n) is 9.93. The molecule has 6 nitrogen and oxygen atoms in total. The van der Waals surface area contributed by atoms with Crippen molar-refractivity contribution in [1.29, 1.82) is 0 Å². The normalized spacial score (nSPS) is 17.2. The third-order valence-electron chi connectivity index (χ3n) is 5.17. The van der Waals surface area contributed by atoms with Gasteiger partial charge in [0.2, 0.25) is 0 Å². The summed E-state index contributed by atoms with van der Waals surface area (Å²) in [6.07, 6.45) is 1.91. The molecule has 7 heteroatoms. The van der Waals surface area contributed by atoms with E-state index in [0.29, 0.717) is 30.2 Å². The zero-order valence-electron chi connectivity index (χ0n) is 17.1. The van der Waals surface area contributed by atoms with Crippen LogP contribution < -0.4 is 9.62 Å². The van der Waals surface area contributed by atoms with Crippen LogP contribution >= 0.6 is 0 Å². The van der Waals surface area contributed by atoms with Gasteiger partial charge in [-0.15, -0.1) is 0 Å². The van der Waals surface area contributed by atoms with E-state index in [0.717, 1.165) is 29.5 Å². The van der Waals surface area contributed by atoms with Crippen LogP contribution in [-0.2, 0) is 19.6 Å². The first-order valence-corrected chi connectivity index (χ1v) is 11.4. The van der Waals surface area contributed by atoms with Crippen LogP contribution in [0.4, 0.5) is 5.69 Å². The molecule has 1 N–H and O–H groups in total. The topological polar surface area (TPSA) is 75.7 Å². The van der Waals surface area contributed by atoms with Crippen LogP contribution in [0.5, 0.6) is 0 Å². The third-order valence-corrected chi connectivity index (χ3v) is 6.99. The van der Waals surface area contributed by atoms with Crippen molar-refractivity contribution >= 4 is 21.7 Å². The van der Waals surface area contributed by atoms with Gasteiger partial charge in [0.1, 0.15) is 0 Å². The van der Waals surface area contributed by atoms with Gasteiger partial charge < -0.3 is 10.1 Å². The smallest absolute Gasteiger partial charge is 0.305 e. The van der Waals surface area contributed by atoms with Gasteiger partial charge in [0, 0.05) is 13.5 Å². The van der Waals surface area contributed by atoms with Crippen molar-refractivity contribution in [2.45, 2.75) is 44.0 Å². The number of hydrogen-bond acceptors (Lipinski definition) is 5. The van der Waals surface area contributed by atoms with E-state index in [-0.39, 0.29) is 12.0 Å². The van der Waals surface area contributed by atoms with Gasteiger partial charge in [0.15, 0.2) is 0 Å². The molecule has 2 aromatic carbocycles. The molecule has 0 saturated carbocycles. The number of benzene rings is 2. The Balaban J connectivity index is 1.88. The second kappa shape index (κ2) is 8.97. The van der Waals surface area contributed by atoms with Gasteiger partial charge >= 0.3 is 5.97 Å². The molecule has 1 heterocycles. The third kappa shape index (κ3) is 4.46. The van der Waals surface area contributed by atoms with Gasteiger partial charge in [-0.1, -0.05) is 30.3 Å². The molecule has 29 heavy (non-hydrogen) atoms. The fraction of sp³-hybridized carbons (Fsp3) is 0.409. The van der Waals surface area contributed by atoms with E-state index >= 15 is 0 Å². The van der Waals surface area contributed by atoms with Gasteiger partial charge in [-0.25, -0.2) is 8.42 Å². The summed E-state index contributed by atoms with van der Waals surface area (Å²) in [5, 5.41) is 3.51. The monoisotopic (exact) mass is 416 g/mol. The molecule has 3 rings (SSSR count). The van der Waals surface area contributed by atoms with Crippen molar-refractivity contribution in [2.75, 3.05) is 24.5 Å². The number of nitrogens with one attached hydrogen (secondary N) is 1. The number of esters is 1. The maximum absolute atomic E-state index is 13.2. The Bertz CT molecular complexity index is 988. The van der Waals surface area contributed by atoms with Crippen LogP contribution in [-0.4, -0.2) is 34.6 Å². The SMILES string of the molecule is CCOC(=O)CCCCNC1c2ccccc2N(C)S(=O)(=O)c2cc(C)ccc21. The van der Waals surface area contributed by atoms with E-state index in [9.17, 15) is 13.2 Å². The van der Waals surface area contributed by atoms with E-state index in [4.69, 9.17) is 4.74 Å². The van der Waals surface area contributed by atoms with Gasteiger partial charge in [0.25, 0.3) is 10.0 Å². The zero-order valence-corrected chi connectivity index (χ0v) is 18.0. The lowest BCUT2D eigenvalue weighted by atomic mass is 9.96. The van der Waals surface area contributed by atoms with Crippen LogP contribution in [0, 0.1) is 6.92 Å². The molecule has 1 aliphatic rings. The minimum Gasteiger partial charge on any atom is -0.466 e. The summed E-state index contributed by atoms with van der Waals surface area (Å²) in [5.74, 6) is -0.180. The fourth-order valence-corrected chi connectivity index (χ4v) is 5.20. The maximum Gasteiger partial charge on any atom is 0.305 e. The summed E-state index contributed by atoms with van der Waals surface area (Å²) in [6, 6.07) is 12.9. The molecule has 0 fully saturated rings. The highest BCUT2D eigenvalue weighted by molar-refractivity contribution is 7.92. The van der Waals surface area contributed by atoms with Gasteiger partial charge in [0.05, 0.1) is 23.2 Å². The number of para-hydroxylation sites is 1. The molecular formula is C22H28N2O4S. The largest absolute Gasteiger partial charge is 0.466 e. The molecule has 0 radical (unpaired) electrons. The molecule has 0 saturated heterocycles. The summed E-state index contributed by atoms with van der Waals surface area (Å²) in [4.78, 5) is 11.8. The van der Waals surface area contributed by atoms with E-state index in [2.05, 4.69) is 5.32 Å². The van der Waals surface area contributed by atoms with Crippen LogP contribution in [0.2, 0.25) is 0 Å². The lowest BCUT2D eigenvalue weighted by Gasteiger charge is -2.22. The summed E-state index contributed by atoms with van der Waals surface area (Å²) in [5.41, 5.74) is 3.25. The Morgan fingerprint density at radius 3 is 2.66 bits per heavy atom. The van der Waals surface area contributed by atoms with Crippen molar-refractivity contribution in [1.82, 2.24) is 5.32 Å². The van der Waals surface area contributed by atoms with E-state index < -0.39 is 10.0 Å². The number of nitrogens with zero attached hydrogens (tertiary/aromatic N) is 1. The highest BCUT2D eigenvalue weighted by atomic mass is 32.2. The molecule has 1 atom stereocenters. The number of aryl methyl sites for hydroxylation is 1. The number of anilines is 1. The average molecular weight is 417 g/mol. The highest BCUT2D eigenvalue weighted by Gasteiger charge is 2.34. The minimum atomic E-state index is -3.65. The Morgan fingerprint density at radius 2 is 1.90 bits per heavy atom. The van der Waals surface area contributed by atoms with Gasteiger partial charge in [-0.2, -0.15) is 0 Å². The first kappa shape index (κ1) is 21.3. The predicted octanol–water partition coefficient (Wildman–Crippen LogP) is 3.55. The van der Waals surface area contributed by atoms with E-state index in [1.807, 2.05) is 43.3 Å². The number of hydrogen-bond donors (Lipinski definition) is 1. The zero-order chi connectivity index (χ0) is 21.0. The standard InChI is InChI=1S/C22H28N2O4S/c1-4-28-21(25)11-7-8-14-23-22-17-9-5-6-10-19(17)24(3)29(26,27)20-15-16(2)12-13-18(20)22/h5-6,9-10,12-13,15,22-23H,4,7-8,11,14H2,1-3H3. The van der Waals surface area contributed by atoms with E-state index in [1.165, 1.54) is 4.31 Å². The number of carbonyl (C=O) groups excluding carboxylic acids is 1. The first-order chi connectivity index (χ1) is 13.9. The Kier molecular flexibility index (Phi) is 6.59. The van der Waals surface area contributed by atoms with Crippen LogP contribution in [0.15, 0.2) is 47.4 Å². The van der Waals surface area contributed by atoms with E-state index in [1.54, 1.807) is 20.0 Å². The molecule has 1 aliphatic heterocycles. The Hall–Kier alpha value is -2.38. The van der Waals surface area contributed by atoms with Gasteiger partial charge in [-0.3, -0.25) is 9.10 Å². The number of ether oxygens (including phenoxy) is 1. The van der Waals surface area contributed by atoms with Crippen LogP contribution in [0.25, 0.3) is 0 Å². The molecule has 0 spiro atoms. The number of fused-ring (bicyclic) bond motifs is 2. The summed E-state index contributed by atoms with van der Waals surface area (Å²) in [7, 11) is -2.05. The highest BCUT2D eigenvalue weighted by Crippen LogP contribution is 2.40. The number of unbranched alkanes of at least 4 members (excludes halogenated alkanes) is 1. The van der Waals surface area contributed by atoms with Crippen LogP contribution in [0.1, 0.15) is 48.9 Å². The Labute approximate surface area is 172 Å².